The Balaban J connectivity index is 2.10. The van der Waals surface area contributed by atoms with Gasteiger partial charge in [-0.1, -0.05) is 121 Å². The summed E-state index contributed by atoms with van der Waals surface area (Å²) >= 11 is 14.8. The van der Waals surface area contributed by atoms with Crippen LogP contribution in [-0.4, -0.2) is 56.1 Å². The van der Waals surface area contributed by atoms with Gasteiger partial charge in [0, 0.05) is 43.1 Å². The van der Waals surface area contributed by atoms with Crippen LogP contribution in [0.2, 0.25) is 0 Å². The van der Waals surface area contributed by atoms with Crippen LogP contribution in [0.1, 0.15) is 12.0 Å². The second kappa shape index (κ2) is 15.2. The molecule has 0 aliphatic heterocycles. The lowest BCUT2D eigenvalue weighted by Crippen LogP contribution is -2.32. The van der Waals surface area contributed by atoms with E-state index in [4.69, 9.17) is 24.4 Å². The Labute approximate surface area is 225 Å². The molecule has 0 saturated carbocycles. The van der Waals surface area contributed by atoms with E-state index in [9.17, 15) is 0 Å². The molecule has 0 amide bonds. The van der Waals surface area contributed by atoms with Crippen molar-refractivity contribution < 1.29 is 0 Å². The summed E-state index contributed by atoms with van der Waals surface area (Å²) in [5.41, 5.74) is 2.50. The topological polar surface area (TPSA) is 6.48 Å². The van der Waals surface area contributed by atoms with Crippen LogP contribution in [0, 0.1) is 0 Å². The van der Waals surface area contributed by atoms with E-state index in [0.29, 0.717) is 0 Å². The normalized spacial score (nSPS) is 16.8. The first-order chi connectivity index (χ1) is 16.5. The molecule has 0 spiro atoms. The third-order valence-electron chi connectivity index (χ3n) is 5.42. The van der Waals surface area contributed by atoms with Gasteiger partial charge in [0.15, 0.2) is 0 Å². The van der Waals surface area contributed by atoms with Crippen LogP contribution in [0.5, 0.6) is 0 Å². The largest absolute Gasteiger partial charge is 0.350 e. The Hall–Kier alpha value is -1.86. The Morgan fingerprint density at radius 1 is 0.853 bits per heavy atom. The van der Waals surface area contributed by atoms with Crippen LogP contribution in [0.3, 0.4) is 0 Å². The summed E-state index contributed by atoms with van der Waals surface area (Å²) in [5, 5.41) is 0. The Bertz CT molecular complexity index is 915. The monoisotopic (exact) mass is 526 g/mol. The van der Waals surface area contributed by atoms with Gasteiger partial charge < -0.3 is 9.80 Å². The van der Waals surface area contributed by atoms with Crippen molar-refractivity contribution in [1.29, 1.82) is 0 Å². The van der Waals surface area contributed by atoms with Gasteiger partial charge in [-0.25, -0.2) is 0 Å². The van der Waals surface area contributed by atoms with Crippen molar-refractivity contribution in [1.82, 2.24) is 9.80 Å². The standard InChI is InChI=1S/C28H34N2S4/c1-5-18-29(19-6-2)26(31)33-22-24-14-16-28(17-15-24,25-12-10-9-11-13-25)23-34-27(32)30(20-7-3)21-8-4/h5-16H,1-4,17-23H2. The van der Waals surface area contributed by atoms with Gasteiger partial charge in [0.2, 0.25) is 0 Å². The molecule has 6 heteroatoms. The van der Waals surface area contributed by atoms with Gasteiger partial charge in [0.1, 0.15) is 8.64 Å². The van der Waals surface area contributed by atoms with E-state index in [2.05, 4.69) is 84.7 Å². The molecule has 0 saturated heterocycles. The lowest BCUT2D eigenvalue weighted by atomic mass is 9.76. The highest BCUT2D eigenvalue weighted by molar-refractivity contribution is 8.23. The number of allylic oxidation sites excluding steroid dienone is 3. The number of benzene rings is 1. The molecular weight excluding hydrogens is 493 g/mol. The number of rotatable bonds is 13. The lowest BCUT2D eigenvalue weighted by Gasteiger charge is -2.34. The number of thioether (sulfide) groups is 2. The zero-order chi connectivity index (χ0) is 24.8. The molecule has 34 heavy (non-hydrogen) atoms. The van der Waals surface area contributed by atoms with Gasteiger partial charge >= 0.3 is 0 Å². The molecule has 0 fully saturated rings. The van der Waals surface area contributed by atoms with Crippen LogP contribution >= 0.6 is 48.0 Å². The zero-order valence-corrected chi connectivity index (χ0v) is 23.0. The second-order valence-electron chi connectivity index (χ2n) is 7.91. The molecular formula is C28H34N2S4. The number of thiocarbonyl (C=S) groups is 2. The van der Waals surface area contributed by atoms with Crippen molar-refractivity contribution in [3.8, 4) is 0 Å². The number of hydrogen-bond acceptors (Lipinski definition) is 4. The van der Waals surface area contributed by atoms with E-state index in [1.54, 1.807) is 23.5 Å². The van der Waals surface area contributed by atoms with Gasteiger partial charge in [0.05, 0.1) is 0 Å². The minimum Gasteiger partial charge on any atom is -0.350 e. The van der Waals surface area contributed by atoms with Crippen molar-refractivity contribution in [3.63, 3.8) is 0 Å². The van der Waals surface area contributed by atoms with Crippen molar-refractivity contribution in [2.45, 2.75) is 11.8 Å². The summed E-state index contributed by atoms with van der Waals surface area (Å²) in [6.07, 6.45) is 15.4. The number of hydrogen-bond donors (Lipinski definition) is 0. The average molecular weight is 527 g/mol. The smallest absolute Gasteiger partial charge is 0.137 e. The minimum atomic E-state index is -0.101. The predicted molar refractivity (Wildman–Crippen MR) is 164 cm³/mol. The molecule has 1 aliphatic rings. The van der Waals surface area contributed by atoms with E-state index in [1.807, 2.05) is 24.3 Å². The first-order valence-electron chi connectivity index (χ1n) is 11.2. The molecule has 2 rings (SSSR count). The van der Waals surface area contributed by atoms with Gasteiger partial charge in [0.25, 0.3) is 0 Å². The lowest BCUT2D eigenvalue weighted by molar-refractivity contribution is 0.532. The maximum atomic E-state index is 5.75. The quantitative estimate of drug-likeness (QED) is 0.197. The van der Waals surface area contributed by atoms with E-state index in [-0.39, 0.29) is 5.41 Å². The predicted octanol–water partition coefficient (Wildman–Crippen LogP) is 7.19. The average Bonchev–Trinajstić information content (AvgIpc) is 2.86. The first kappa shape index (κ1) is 28.4. The summed E-state index contributed by atoms with van der Waals surface area (Å²) < 4.78 is 1.75. The van der Waals surface area contributed by atoms with Crippen molar-refractivity contribution in [2.75, 3.05) is 37.7 Å². The molecule has 1 atom stereocenters. The fourth-order valence-corrected chi connectivity index (χ4v) is 6.17. The molecule has 1 unspecified atom stereocenters. The minimum absolute atomic E-state index is 0.101. The summed E-state index contributed by atoms with van der Waals surface area (Å²) in [4.78, 5) is 4.24. The first-order valence-corrected chi connectivity index (χ1v) is 14.0. The molecule has 0 N–H and O–H groups in total. The van der Waals surface area contributed by atoms with Crippen LogP contribution in [0.4, 0.5) is 0 Å². The Morgan fingerprint density at radius 3 is 1.85 bits per heavy atom. The molecule has 1 aromatic carbocycles. The summed E-state index contributed by atoms with van der Waals surface area (Å²) in [6, 6.07) is 10.7. The van der Waals surface area contributed by atoms with Gasteiger partial charge in [-0.3, -0.25) is 0 Å². The van der Waals surface area contributed by atoms with Crippen LogP contribution in [-0.2, 0) is 5.41 Å². The van der Waals surface area contributed by atoms with Crippen molar-refractivity contribution >= 4 is 56.6 Å². The maximum absolute atomic E-state index is 5.75. The molecule has 1 aromatic rings. The molecule has 0 bridgehead atoms. The number of nitrogens with zero attached hydrogens (tertiary/aromatic N) is 2. The Kier molecular flexibility index (Phi) is 12.7. The second-order valence-corrected chi connectivity index (χ2v) is 11.1. The SMILES string of the molecule is C=CCN(CC=C)C(=S)SCC1=CCC(CSC(=S)N(CC=C)CC=C)(c2ccccc2)C=C1. The van der Waals surface area contributed by atoms with Gasteiger partial charge in [-0.2, -0.15) is 0 Å². The van der Waals surface area contributed by atoms with E-state index >= 15 is 0 Å². The fourth-order valence-electron chi connectivity index (χ4n) is 3.59. The van der Waals surface area contributed by atoms with Gasteiger partial charge in [-0.15, -0.1) is 26.3 Å². The summed E-state index contributed by atoms with van der Waals surface area (Å²) in [6.45, 7) is 18.3. The van der Waals surface area contributed by atoms with E-state index in [0.717, 1.165) is 52.7 Å². The highest BCUT2D eigenvalue weighted by Crippen LogP contribution is 2.38. The molecule has 0 heterocycles. The van der Waals surface area contributed by atoms with Crippen LogP contribution in [0.25, 0.3) is 0 Å². The molecule has 2 nitrogen and oxygen atoms in total. The molecule has 0 aromatic heterocycles. The van der Waals surface area contributed by atoms with Crippen molar-refractivity contribution in [3.05, 3.63) is 110 Å². The van der Waals surface area contributed by atoms with Crippen LogP contribution in [0.15, 0.2) is 105 Å². The fraction of sp³-hybridized carbons (Fsp3) is 0.286. The summed E-state index contributed by atoms with van der Waals surface area (Å²) in [5.74, 6) is 1.72. The highest BCUT2D eigenvalue weighted by atomic mass is 32.2. The summed E-state index contributed by atoms with van der Waals surface area (Å²) in [7, 11) is 0. The third-order valence-corrected chi connectivity index (χ3v) is 8.79. The molecule has 0 radical (unpaired) electrons. The zero-order valence-electron chi connectivity index (χ0n) is 19.7. The molecule has 1 aliphatic carbocycles. The van der Waals surface area contributed by atoms with E-state index < -0.39 is 0 Å². The van der Waals surface area contributed by atoms with Gasteiger partial charge in [-0.05, 0) is 17.6 Å². The highest BCUT2D eigenvalue weighted by Gasteiger charge is 2.31. The molecule has 180 valence electrons. The third kappa shape index (κ3) is 8.42. The maximum Gasteiger partial charge on any atom is 0.137 e. The van der Waals surface area contributed by atoms with E-state index in [1.165, 1.54) is 11.1 Å². The Morgan fingerprint density at radius 2 is 1.38 bits per heavy atom. The van der Waals surface area contributed by atoms with Crippen molar-refractivity contribution in [2.24, 2.45) is 0 Å². The van der Waals surface area contributed by atoms with Crippen LogP contribution < -0.4 is 0 Å².